The predicted molar refractivity (Wildman–Crippen MR) is 122 cm³/mol. The summed E-state index contributed by atoms with van der Waals surface area (Å²) in [5.41, 5.74) is 2.93. The second kappa shape index (κ2) is 8.58. The van der Waals surface area contributed by atoms with Gasteiger partial charge in [0.25, 0.3) is 5.91 Å². The summed E-state index contributed by atoms with van der Waals surface area (Å²) >= 11 is 1.38. The molecule has 0 spiro atoms. The molecule has 0 radical (unpaired) electrons. The molecule has 1 aliphatic heterocycles. The van der Waals surface area contributed by atoms with Crippen molar-refractivity contribution in [3.63, 3.8) is 0 Å². The van der Waals surface area contributed by atoms with Crippen molar-refractivity contribution in [3.8, 4) is 0 Å². The highest BCUT2D eigenvalue weighted by atomic mass is 32.1. The van der Waals surface area contributed by atoms with Gasteiger partial charge in [-0.3, -0.25) is 18.7 Å². The maximum absolute atomic E-state index is 12.8. The fraction of sp³-hybridized carbons (Fsp3) is 0.409. The zero-order valence-corrected chi connectivity index (χ0v) is 18.7. The van der Waals surface area contributed by atoms with Crippen LogP contribution in [0, 0.1) is 5.92 Å². The normalized spacial score (nSPS) is 14.7. The molecule has 3 aromatic rings. The van der Waals surface area contributed by atoms with Crippen LogP contribution >= 0.6 is 11.3 Å². The first-order valence-electron chi connectivity index (χ1n) is 10.4. The van der Waals surface area contributed by atoms with Gasteiger partial charge in [-0.1, -0.05) is 6.07 Å². The maximum Gasteiger partial charge on any atom is 0.328 e. The summed E-state index contributed by atoms with van der Waals surface area (Å²) in [5, 5.41) is 4.89. The van der Waals surface area contributed by atoms with E-state index in [0.29, 0.717) is 43.1 Å². The fourth-order valence-corrected chi connectivity index (χ4v) is 4.72. The van der Waals surface area contributed by atoms with E-state index in [1.165, 1.54) is 11.3 Å². The van der Waals surface area contributed by atoms with Crippen molar-refractivity contribution in [2.75, 3.05) is 29.9 Å². The van der Waals surface area contributed by atoms with Gasteiger partial charge >= 0.3 is 11.7 Å². The Morgan fingerprint density at radius 3 is 2.45 bits per heavy atom. The lowest BCUT2D eigenvalue weighted by atomic mass is 9.96. The molecule has 1 fully saturated rings. The minimum atomic E-state index is -0.182. The summed E-state index contributed by atoms with van der Waals surface area (Å²) < 4.78 is 8.36. The average molecular weight is 443 g/mol. The van der Waals surface area contributed by atoms with Gasteiger partial charge in [0.1, 0.15) is 0 Å². The number of anilines is 2. The van der Waals surface area contributed by atoms with Crippen molar-refractivity contribution in [3.05, 3.63) is 45.0 Å². The number of nitrogens with one attached hydrogen (secondary N) is 1. The van der Waals surface area contributed by atoms with Gasteiger partial charge in [0.05, 0.1) is 39.8 Å². The summed E-state index contributed by atoms with van der Waals surface area (Å²) in [7, 11) is 3.46. The van der Waals surface area contributed by atoms with Crippen molar-refractivity contribution < 1.29 is 14.3 Å². The number of nitrogens with zero attached hydrogens (tertiary/aromatic N) is 3. The summed E-state index contributed by atoms with van der Waals surface area (Å²) in [6, 6.07) is 7.42. The molecule has 2 aromatic heterocycles. The molecular formula is C22H26N4O4S. The van der Waals surface area contributed by atoms with Gasteiger partial charge in [-0.15, -0.1) is 11.3 Å². The number of amides is 1. The Balaban J connectivity index is 1.69. The summed E-state index contributed by atoms with van der Waals surface area (Å²) in [6.07, 6.45) is 1.37. The number of carbonyl (C=O) groups is 2. The monoisotopic (exact) mass is 442 g/mol. The van der Waals surface area contributed by atoms with Crippen LogP contribution in [0.5, 0.6) is 0 Å². The van der Waals surface area contributed by atoms with Gasteiger partial charge in [-0.25, -0.2) is 4.79 Å². The van der Waals surface area contributed by atoms with Crippen LogP contribution in [-0.4, -0.2) is 40.7 Å². The molecule has 4 rings (SSSR count). The lowest BCUT2D eigenvalue weighted by Gasteiger charge is -2.34. The number of benzene rings is 1. The molecule has 31 heavy (non-hydrogen) atoms. The quantitative estimate of drug-likeness (QED) is 0.614. The molecule has 164 valence electrons. The number of fused-ring (bicyclic) bond motifs is 1. The zero-order chi connectivity index (χ0) is 22.1. The number of thiophene rings is 1. The molecule has 1 saturated heterocycles. The first-order chi connectivity index (χ1) is 14.9. The number of esters is 1. The molecule has 1 amide bonds. The lowest BCUT2D eigenvalue weighted by molar-refractivity contribution is -0.148. The van der Waals surface area contributed by atoms with E-state index in [1.54, 1.807) is 29.3 Å². The highest BCUT2D eigenvalue weighted by Gasteiger charge is 2.28. The number of aryl methyl sites for hydroxylation is 2. The number of ether oxygens (including phenoxy) is 1. The molecular weight excluding hydrogens is 416 g/mol. The fourth-order valence-electron chi connectivity index (χ4n) is 4.10. The first kappa shape index (κ1) is 21.2. The number of aromatic nitrogens is 2. The Morgan fingerprint density at radius 2 is 1.84 bits per heavy atom. The van der Waals surface area contributed by atoms with E-state index in [9.17, 15) is 14.4 Å². The van der Waals surface area contributed by atoms with Gasteiger partial charge in [-0.2, -0.15) is 0 Å². The van der Waals surface area contributed by atoms with Crippen molar-refractivity contribution in [2.24, 2.45) is 20.0 Å². The molecule has 1 N–H and O–H groups in total. The van der Waals surface area contributed by atoms with E-state index in [0.717, 1.165) is 16.7 Å². The molecule has 0 unspecified atom stereocenters. The Hall–Kier alpha value is -3.07. The molecule has 0 atom stereocenters. The van der Waals surface area contributed by atoms with E-state index < -0.39 is 0 Å². The maximum atomic E-state index is 12.8. The summed E-state index contributed by atoms with van der Waals surface area (Å²) in [4.78, 5) is 40.1. The van der Waals surface area contributed by atoms with E-state index in [-0.39, 0.29) is 23.5 Å². The summed E-state index contributed by atoms with van der Waals surface area (Å²) in [5.74, 6) is -0.433. The highest BCUT2D eigenvalue weighted by molar-refractivity contribution is 7.12. The third kappa shape index (κ3) is 3.97. The van der Waals surface area contributed by atoms with Crippen LogP contribution in [0.25, 0.3) is 11.0 Å². The number of hydrogen-bond donors (Lipinski definition) is 1. The van der Waals surface area contributed by atoms with Gasteiger partial charge in [0.15, 0.2) is 0 Å². The van der Waals surface area contributed by atoms with Crippen LogP contribution in [0.3, 0.4) is 0 Å². The number of imidazole rings is 1. The molecule has 9 heteroatoms. The lowest BCUT2D eigenvalue weighted by Crippen LogP contribution is -2.37. The van der Waals surface area contributed by atoms with Crippen molar-refractivity contribution in [1.82, 2.24) is 9.13 Å². The third-order valence-electron chi connectivity index (χ3n) is 5.84. The highest BCUT2D eigenvalue weighted by Crippen LogP contribution is 2.34. The molecule has 0 saturated carbocycles. The Kier molecular flexibility index (Phi) is 5.86. The van der Waals surface area contributed by atoms with Crippen molar-refractivity contribution in [1.29, 1.82) is 0 Å². The van der Waals surface area contributed by atoms with Gasteiger partial charge in [0.2, 0.25) is 0 Å². The van der Waals surface area contributed by atoms with Crippen LogP contribution < -0.4 is 15.9 Å². The van der Waals surface area contributed by atoms with Crippen molar-refractivity contribution >= 4 is 45.6 Å². The Morgan fingerprint density at radius 1 is 1.16 bits per heavy atom. The van der Waals surface area contributed by atoms with Crippen LogP contribution in [0.1, 0.15) is 29.4 Å². The second-order valence-corrected chi connectivity index (χ2v) is 8.65. The zero-order valence-electron chi connectivity index (χ0n) is 17.9. The third-order valence-corrected chi connectivity index (χ3v) is 6.71. The SMILES string of the molecule is CCOC(=O)C1CCN(c2cc3c(cc2NC(=O)c2cccs2)n(C)c(=O)n3C)CC1. The van der Waals surface area contributed by atoms with Crippen LogP contribution in [0.15, 0.2) is 34.4 Å². The number of piperidine rings is 1. The van der Waals surface area contributed by atoms with E-state index >= 15 is 0 Å². The Labute approximate surface area is 184 Å². The molecule has 1 aliphatic rings. The molecule has 0 bridgehead atoms. The van der Waals surface area contributed by atoms with Crippen LogP contribution in [0.4, 0.5) is 11.4 Å². The van der Waals surface area contributed by atoms with E-state index in [1.807, 2.05) is 30.5 Å². The summed E-state index contributed by atoms with van der Waals surface area (Å²) in [6.45, 7) is 3.53. The number of hydrogen-bond acceptors (Lipinski definition) is 6. The van der Waals surface area contributed by atoms with Gasteiger partial charge < -0.3 is 15.0 Å². The van der Waals surface area contributed by atoms with E-state index in [4.69, 9.17) is 4.74 Å². The van der Waals surface area contributed by atoms with Gasteiger partial charge in [0, 0.05) is 27.2 Å². The minimum Gasteiger partial charge on any atom is -0.466 e. The standard InChI is InChI=1S/C22H26N4O4S/c1-4-30-21(28)14-7-9-26(10-8-14)16-13-18-17(24(2)22(29)25(18)3)12-15(16)23-20(27)19-6-5-11-31-19/h5-6,11-14H,4,7-10H2,1-3H3,(H,23,27). The smallest absolute Gasteiger partial charge is 0.328 e. The molecule has 1 aromatic carbocycles. The van der Waals surface area contributed by atoms with Crippen molar-refractivity contribution in [2.45, 2.75) is 19.8 Å². The minimum absolute atomic E-state index is 0.106. The average Bonchev–Trinajstić information content (AvgIpc) is 3.38. The second-order valence-electron chi connectivity index (χ2n) is 7.70. The van der Waals surface area contributed by atoms with Crippen LogP contribution in [-0.2, 0) is 23.6 Å². The van der Waals surface area contributed by atoms with Gasteiger partial charge in [-0.05, 0) is 43.3 Å². The Bertz CT molecular complexity index is 1170. The first-order valence-corrected chi connectivity index (χ1v) is 11.2. The topological polar surface area (TPSA) is 85.6 Å². The number of rotatable bonds is 5. The molecule has 8 nitrogen and oxygen atoms in total. The molecule has 3 heterocycles. The molecule has 0 aliphatic carbocycles. The van der Waals surface area contributed by atoms with Crippen LogP contribution in [0.2, 0.25) is 0 Å². The predicted octanol–water partition coefficient (Wildman–Crippen LogP) is 2.97. The number of carbonyl (C=O) groups excluding carboxylic acids is 2. The van der Waals surface area contributed by atoms with E-state index in [2.05, 4.69) is 10.2 Å². The largest absolute Gasteiger partial charge is 0.466 e.